The number of anilines is 2. The number of nitrogens with zero attached hydrogens (tertiary/aromatic N) is 3. The zero-order valence-corrected chi connectivity index (χ0v) is 16.3. The molecule has 0 amide bonds. The molecule has 8 heteroatoms. The largest absolute Gasteiger partial charge is 0.497 e. The molecule has 2 aromatic carbocycles. The van der Waals surface area contributed by atoms with Gasteiger partial charge in [-0.25, -0.2) is 0 Å². The standard InChI is InChI=1S/C20H22ClN5O2/c1-27-17-6-8-18(9-7-17)28-13-12-22-19-14-24-26-20(25-19)23-11-10-15-2-4-16(21)5-3-15/h2-9,14H,10-13H2,1H3,(H2,22,23,25,26). The lowest BCUT2D eigenvalue weighted by Crippen LogP contribution is -2.14. The van der Waals surface area contributed by atoms with Crippen molar-refractivity contribution >= 4 is 23.4 Å². The van der Waals surface area contributed by atoms with E-state index in [1.165, 1.54) is 5.56 Å². The van der Waals surface area contributed by atoms with Gasteiger partial charge in [0.15, 0.2) is 5.82 Å². The van der Waals surface area contributed by atoms with E-state index in [2.05, 4.69) is 25.8 Å². The molecule has 2 N–H and O–H groups in total. The Balaban J connectivity index is 1.39. The maximum Gasteiger partial charge on any atom is 0.244 e. The van der Waals surface area contributed by atoms with Crippen LogP contribution in [0.25, 0.3) is 0 Å². The van der Waals surface area contributed by atoms with Gasteiger partial charge in [-0.2, -0.15) is 10.1 Å². The topological polar surface area (TPSA) is 81.2 Å². The molecule has 0 atom stereocenters. The Morgan fingerprint density at radius 3 is 2.43 bits per heavy atom. The molecule has 28 heavy (non-hydrogen) atoms. The molecule has 146 valence electrons. The first-order valence-electron chi connectivity index (χ1n) is 8.92. The highest BCUT2D eigenvalue weighted by Crippen LogP contribution is 2.16. The fourth-order valence-electron chi connectivity index (χ4n) is 2.45. The molecule has 3 aromatic rings. The van der Waals surface area contributed by atoms with Crippen LogP contribution in [0.1, 0.15) is 5.56 Å². The van der Waals surface area contributed by atoms with Crippen molar-refractivity contribution in [3.8, 4) is 11.5 Å². The van der Waals surface area contributed by atoms with Crippen molar-refractivity contribution in [3.63, 3.8) is 0 Å². The quantitative estimate of drug-likeness (QED) is 0.503. The Hall–Kier alpha value is -3.06. The molecule has 0 aliphatic heterocycles. The molecule has 3 rings (SSSR count). The minimum absolute atomic E-state index is 0.482. The van der Waals surface area contributed by atoms with Gasteiger partial charge in [-0.1, -0.05) is 23.7 Å². The van der Waals surface area contributed by atoms with Crippen molar-refractivity contribution in [2.45, 2.75) is 6.42 Å². The second kappa shape index (κ2) is 10.3. The van der Waals surface area contributed by atoms with E-state index in [9.17, 15) is 0 Å². The molecule has 1 aromatic heterocycles. The third-order valence-corrected chi connectivity index (χ3v) is 4.16. The normalized spacial score (nSPS) is 10.4. The van der Waals surface area contributed by atoms with Crippen molar-refractivity contribution in [1.29, 1.82) is 0 Å². The zero-order valence-electron chi connectivity index (χ0n) is 15.6. The Kier molecular flexibility index (Phi) is 7.26. The second-order valence-corrected chi connectivity index (χ2v) is 6.36. The van der Waals surface area contributed by atoms with E-state index >= 15 is 0 Å². The molecule has 0 radical (unpaired) electrons. The van der Waals surface area contributed by atoms with Gasteiger partial charge in [0.2, 0.25) is 5.95 Å². The number of halogens is 1. The van der Waals surface area contributed by atoms with E-state index in [4.69, 9.17) is 21.1 Å². The van der Waals surface area contributed by atoms with Crippen LogP contribution in [-0.4, -0.2) is 42.0 Å². The van der Waals surface area contributed by atoms with Gasteiger partial charge in [0, 0.05) is 11.6 Å². The number of hydrogen-bond donors (Lipinski definition) is 2. The van der Waals surface area contributed by atoms with Crippen molar-refractivity contribution in [3.05, 3.63) is 65.3 Å². The SMILES string of the molecule is COc1ccc(OCCNc2cnnc(NCCc3ccc(Cl)cc3)n2)cc1. The first-order chi connectivity index (χ1) is 13.7. The first kappa shape index (κ1) is 19.7. The van der Waals surface area contributed by atoms with Gasteiger partial charge in [-0.3, -0.25) is 0 Å². The molecule has 0 unspecified atom stereocenters. The van der Waals surface area contributed by atoms with E-state index in [1.54, 1.807) is 13.3 Å². The summed E-state index contributed by atoms with van der Waals surface area (Å²) in [6.45, 7) is 1.79. The fraction of sp³-hybridized carbons (Fsp3) is 0.250. The van der Waals surface area contributed by atoms with Gasteiger partial charge in [0.05, 0.1) is 19.9 Å². The number of nitrogens with one attached hydrogen (secondary N) is 2. The summed E-state index contributed by atoms with van der Waals surface area (Å²) in [4.78, 5) is 4.40. The van der Waals surface area contributed by atoms with Crippen LogP contribution in [0.5, 0.6) is 11.5 Å². The minimum Gasteiger partial charge on any atom is -0.497 e. The number of aromatic nitrogens is 3. The summed E-state index contributed by atoms with van der Waals surface area (Å²) in [5.41, 5.74) is 1.19. The van der Waals surface area contributed by atoms with Gasteiger partial charge in [-0.15, -0.1) is 5.10 Å². The third kappa shape index (κ3) is 6.28. The Labute approximate surface area is 169 Å². The maximum atomic E-state index is 5.89. The summed E-state index contributed by atoms with van der Waals surface area (Å²) in [6.07, 6.45) is 2.42. The average molecular weight is 400 g/mol. The first-order valence-corrected chi connectivity index (χ1v) is 9.29. The van der Waals surface area contributed by atoms with E-state index < -0.39 is 0 Å². The molecule has 0 aliphatic carbocycles. The number of hydrogen-bond acceptors (Lipinski definition) is 7. The number of methoxy groups -OCH3 is 1. The van der Waals surface area contributed by atoms with Crippen LogP contribution in [-0.2, 0) is 6.42 Å². The van der Waals surface area contributed by atoms with Crippen LogP contribution in [0.15, 0.2) is 54.7 Å². The van der Waals surface area contributed by atoms with Crippen molar-refractivity contribution in [2.24, 2.45) is 0 Å². The number of benzene rings is 2. The summed E-state index contributed by atoms with van der Waals surface area (Å²) in [5, 5.41) is 15.1. The predicted molar refractivity (Wildman–Crippen MR) is 110 cm³/mol. The van der Waals surface area contributed by atoms with Gasteiger partial charge in [-0.05, 0) is 48.4 Å². The van der Waals surface area contributed by atoms with Gasteiger partial charge < -0.3 is 20.1 Å². The molecule has 0 fully saturated rings. The lowest BCUT2D eigenvalue weighted by Gasteiger charge is -2.09. The molecule has 7 nitrogen and oxygen atoms in total. The molecular weight excluding hydrogens is 378 g/mol. The summed E-state index contributed by atoms with van der Waals surface area (Å²) in [5.74, 6) is 2.71. The zero-order chi connectivity index (χ0) is 19.6. The Bertz CT molecular complexity index is 859. The molecule has 0 spiro atoms. The summed E-state index contributed by atoms with van der Waals surface area (Å²) >= 11 is 5.89. The van der Waals surface area contributed by atoms with Crippen molar-refractivity contribution in [1.82, 2.24) is 15.2 Å². The Morgan fingerprint density at radius 1 is 0.929 bits per heavy atom. The van der Waals surface area contributed by atoms with E-state index in [-0.39, 0.29) is 0 Å². The van der Waals surface area contributed by atoms with Crippen LogP contribution < -0.4 is 20.1 Å². The highest BCUT2D eigenvalue weighted by molar-refractivity contribution is 6.30. The van der Waals surface area contributed by atoms with E-state index in [0.29, 0.717) is 31.5 Å². The van der Waals surface area contributed by atoms with Gasteiger partial charge in [0.1, 0.15) is 18.1 Å². The second-order valence-electron chi connectivity index (χ2n) is 5.92. The number of rotatable bonds is 10. The molecular formula is C20H22ClN5O2. The van der Waals surface area contributed by atoms with Crippen LogP contribution in [0.2, 0.25) is 5.02 Å². The lowest BCUT2D eigenvalue weighted by molar-refractivity contribution is 0.331. The molecule has 1 heterocycles. The van der Waals surface area contributed by atoms with E-state index in [1.807, 2.05) is 48.5 Å². The number of ether oxygens (including phenoxy) is 2. The van der Waals surface area contributed by atoms with Crippen LogP contribution in [0, 0.1) is 0 Å². The molecule has 0 saturated heterocycles. The molecule has 0 saturated carbocycles. The van der Waals surface area contributed by atoms with E-state index in [0.717, 1.165) is 22.9 Å². The highest BCUT2D eigenvalue weighted by atomic mass is 35.5. The summed E-state index contributed by atoms with van der Waals surface area (Å²) in [7, 11) is 1.64. The van der Waals surface area contributed by atoms with Crippen molar-refractivity contribution in [2.75, 3.05) is 37.4 Å². The van der Waals surface area contributed by atoms with Crippen LogP contribution >= 0.6 is 11.6 Å². The predicted octanol–water partition coefficient (Wildman–Crippen LogP) is 3.68. The van der Waals surface area contributed by atoms with Gasteiger partial charge >= 0.3 is 0 Å². The lowest BCUT2D eigenvalue weighted by atomic mass is 10.1. The minimum atomic E-state index is 0.482. The molecule has 0 aliphatic rings. The Morgan fingerprint density at radius 2 is 1.68 bits per heavy atom. The smallest absolute Gasteiger partial charge is 0.244 e. The third-order valence-electron chi connectivity index (χ3n) is 3.91. The van der Waals surface area contributed by atoms with Crippen LogP contribution in [0.4, 0.5) is 11.8 Å². The fourth-order valence-corrected chi connectivity index (χ4v) is 2.58. The molecule has 0 bridgehead atoms. The summed E-state index contributed by atoms with van der Waals surface area (Å²) < 4.78 is 10.8. The maximum absolute atomic E-state index is 5.89. The van der Waals surface area contributed by atoms with Crippen molar-refractivity contribution < 1.29 is 9.47 Å². The van der Waals surface area contributed by atoms with Crippen LogP contribution in [0.3, 0.4) is 0 Å². The van der Waals surface area contributed by atoms with Gasteiger partial charge in [0.25, 0.3) is 0 Å². The average Bonchev–Trinajstić information content (AvgIpc) is 2.73. The monoisotopic (exact) mass is 399 g/mol. The summed E-state index contributed by atoms with van der Waals surface area (Å²) in [6, 6.07) is 15.2. The highest BCUT2D eigenvalue weighted by Gasteiger charge is 2.01.